The average molecular weight is 202 g/mol. The van der Waals surface area contributed by atoms with E-state index in [0.717, 1.165) is 0 Å². The van der Waals surface area contributed by atoms with Gasteiger partial charge in [0.25, 0.3) is 0 Å². The number of carbonyl (C=O) groups is 1. The standard InChI is InChI=1S/C9H18N2O3/c1-8(2,13)5-11-7(12)9(10)3-4-14-6-9/h13H,3-6,10H2,1-2H3,(H,11,12). The first-order valence-electron chi connectivity index (χ1n) is 4.71. The molecule has 0 radical (unpaired) electrons. The van der Waals surface area contributed by atoms with E-state index in [-0.39, 0.29) is 19.1 Å². The van der Waals surface area contributed by atoms with E-state index in [0.29, 0.717) is 13.0 Å². The largest absolute Gasteiger partial charge is 0.389 e. The summed E-state index contributed by atoms with van der Waals surface area (Å²) in [6, 6.07) is 0. The Hall–Kier alpha value is -0.650. The van der Waals surface area contributed by atoms with Crippen LogP contribution in [0.2, 0.25) is 0 Å². The van der Waals surface area contributed by atoms with Crippen molar-refractivity contribution < 1.29 is 14.6 Å². The molecule has 5 nitrogen and oxygen atoms in total. The molecule has 0 aromatic heterocycles. The molecule has 5 heteroatoms. The van der Waals surface area contributed by atoms with Gasteiger partial charge in [-0.3, -0.25) is 4.79 Å². The molecule has 0 bridgehead atoms. The van der Waals surface area contributed by atoms with Crippen molar-refractivity contribution in [1.29, 1.82) is 0 Å². The summed E-state index contributed by atoms with van der Waals surface area (Å²) in [5, 5.41) is 12.0. The van der Waals surface area contributed by atoms with Gasteiger partial charge in [0.2, 0.25) is 5.91 Å². The van der Waals surface area contributed by atoms with E-state index in [2.05, 4.69) is 5.32 Å². The minimum absolute atomic E-state index is 0.199. The first-order chi connectivity index (χ1) is 6.33. The molecule has 1 rings (SSSR count). The molecule has 1 heterocycles. The number of rotatable bonds is 3. The van der Waals surface area contributed by atoms with Gasteiger partial charge in [-0.2, -0.15) is 0 Å². The number of hydrogen-bond acceptors (Lipinski definition) is 4. The van der Waals surface area contributed by atoms with Crippen LogP contribution in [0.25, 0.3) is 0 Å². The Morgan fingerprint density at radius 2 is 2.36 bits per heavy atom. The van der Waals surface area contributed by atoms with Crippen LogP contribution >= 0.6 is 0 Å². The number of hydrogen-bond donors (Lipinski definition) is 3. The molecule has 1 aliphatic rings. The highest BCUT2D eigenvalue weighted by Crippen LogP contribution is 2.15. The molecule has 1 amide bonds. The maximum absolute atomic E-state index is 11.6. The third kappa shape index (κ3) is 2.94. The lowest BCUT2D eigenvalue weighted by molar-refractivity contribution is -0.127. The highest BCUT2D eigenvalue weighted by Gasteiger charge is 2.38. The van der Waals surface area contributed by atoms with Crippen molar-refractivity contribution in [2.24, 2.45) is 5.73 Å². The molecular formula is C9H18N2O3. The summed E-state index contributed by atoms with van der Waals surface area (Å²) in [6.07, 6.45) is 0.532. The highest BCUT2D eigenvalue weighted by molar-refractivity contribution is 5.86. The summed E-state index contributed by atoms with van der Waals surface area (Å²) in [7, 11) is 0. The van der Waals surface area contributed by atoms with Gasteiger partial charge in [-0.15, -0.1) is 0 Å². The summed E-state index contributed by atoms with van der Waals surface area (Å²) in [5.74, 6) is -0.253. The zero-order chi connectivity index (χ0) is 10.8. The zero-order valence-corrected chi connectivity index (χ0v) is 8.67. The van der Waals surface area contributed by atoms with Gasteiger partial charge in [-0.05, 0) is 20.3 Å². The van der Waals surface area contributed by atoms with Crippen LogP contribution < -0.4 is 11.1 Å². The SMILES string of the molecule is CC(C)(O)CNC(=O)C1(N)CCOC1. The Kier molecular flexibility index (Phi) is 3.14. The third-order valence-corrected chi connectivity index (χ3v) is 2.19. The normalized spacial score (nSPS) is 27.7. The predicted molar refractivity (Wildman–Crippen MR) is 51.7 cm³/mol. The second-order valence-corrected chi connectivity index (χ2v) is 4.45. The predicted octanol–water partition coefficient (Wildman–Crippen LogP) is -1.01. The monoisotopic (exact) mass is 202 g/mol. The van der Waals surface area contributed by atoms with Gasteiger partial charge in [0.05, 0.1) is 12.2 Å². The molecule has 1 unspecified atom stereocenters. The number of nitrogens with one attached hydrogen (secondary N) is 1. The topological polar surface area (TPSA) is 84.6 Å². The van der Waals surface area contributed by atoms with E-state index < -0.39 is 11.1 Å². The van der Waals surface area contributed by atoms with Gasteiger partial charge in [0, 0.05) is 13.2 Å². The zero-order valence-electron chi connectivity index (χ0n) is 8.67. The number of carbonyl (C=O) groups excluding carboxylic acids is 1. The number of amides is 1. The van der Waals surface area contributed by atoms with Crippen LogP contribution in [0.1, 0.15) is 20.3 Å². The van der Waals surface area contributed by atoms with Crippen molar-refractivity contribution in [1.82, 2.24) is 5.32 Å². The molecule has 0 aliphatic carbocycles. The molecular weight excluding hydrogens is 184 g/mol. The molecule has 0 aromatic rings. The molecule has 0 spiro atoms. The Bertz CT molecular complexity index is 217. The molecule has 14 heavy (non-hydrogen) atoms. The molecule has 1 atom stereocenters. The molecule has 0 aromatic carbocycles. The van der Waals surface area contributed by atoms with E-state index in [1.54, 1.807) is 13.8 Å². The van der Waals surface area contributed by atoms with Crippen LogP contribution in [0.5, 0.6) is 0 Å². The lowest BCUT2D eigenvalue weighted by atomic mass is 9.99. The Morgan fingerprint density at radius 3 is 2.79 bits per heavy atom. The highest BCUT2D eigenvalue weighted by atomic mass is 16.5. The Labute approximate surface area is 83.6 Å². The lowest BCUT2D eigenvalue weighted by Crippen LogP contribution is -2.56. The van der Waals surface area contributed by atoms with E-state index >= 15 is 0 Å². The van der Waals surface area contributed by atoms with Crippen LogP contribution in [0.15, 0.2) is 0 Å². The van der Waals surface area contributed by atoms with Crippen molar-refractivity contribution >= 4 is 5.91 Å². The van der Waals surface area contributed by atoms with Crippen LogP contribution in [0.4, 0.5) is 0 Å². The van der Waals surface area contributed by atoms with Crippen LogP contribution in [-0.4, -0.2) is 41.9 Å². The minimum atomic E-state index is -0.911. The van der Waals surface area contributed by atoms with Crippen molar-refractivity contribution in [2.45, 2.75) is 31.4 Å². The van der Waals surface area contributed by atoms with Gasteiger partial charge >= 0.3 is 0 Å². The summed E-state index contributed by atoms with van der Waals surface area (Å²) in [4.78, 5) is 11.6. The van der Waals surface area contributed by atoms with Gasteiger partial charge in [0.1, 0.15) is 5.54 Å². The van der Waals surface area contributed by atoms with Gasteiger partial charge in [-0.25, -0.2) is 0 Å². The average Bonchev–Trinajstić information content (AvgIpc) is 2.48. The maximum atomic E-state index is 11.6. The fraction of sp³-hybridized carbons (Fsp3) is 0.889. The molecule has 0 saturated carbocycles. The van der Waals surface area contributed by atoms with Crippen molar-refractivity contribution in [3.8, 4) is 0 Å². The smallest absolute Gasteiger partial charge is 0.242 e. The molecule has 1 fully saturated rings. The summed E-state index contributed by atoms with van der Waals surface area (Å²) in [5.41, 5.74) is 3.99. The van der Waals surface area contributed by atoms with Crippen LogP contribution in [0, 0.1) is 0 Å². The molecule has 82 valence electrons. The summed E-state index contributed by atoms with van der Waals surface area (Å²) < 4.78 is 5.06. The first-order valence-corrected chi connectivity index (χ1v) is 4.71. The second kappa shape index (κ2) is 3.84. The van der Waals surface area contributed by atoms with Crippen molar-refractivity contribution in [3.05, 3.63) is 0 Å². The third-order valence-electron chi connectivity index (χ3n) is 2.19. The van der Waals surface area contributed by atoms with Crippen molar-refractivity contribution in [2.75, 3.05) is 19.8 Å². The Balaban J connectivity index is 2.42. The Morgan fingerprint density at radius 1 is 1.71 bits per heavy atom. The number of nitrogens with two attached hydrogens (primary N) is 1. The van der Waals surface area contributed by atoms with Gasteiger partial charge < -0.3 is 20.9 Å². The van der Waals surface area contributed by atoms with E-state index in [1.165, 1.54) is 0 Å². The van der Waals surface area contributed by atoms with Gasteiger partial charge in [-0.1, -0.05) is 0 Å². The molecule has 1 aliphatic heterocycles. The maximum Gasteiger partial charge on any atom is 0.242 e. The van der Waals surface area contributed by atoms with E-state index in [1.807, 2.05) is 0 Å². The summed E-state index contributed by atoms with van der Waals surface area (Å²) in [6.45, 7) is 4.23. The van der Waals surface area contributed by atoms with Gasteiger partial charge in [0.15, 0.2) is 0 Å². The van der Waals surface area contributed by atoms with Crippen molar-refractivity contribution in [3.63, 3.8) is 0 Å². The molecule has 4 N–H and O–H groups in total. The van der Waals surface area contributed by atoms with Crippen LogP contribution in [0.3, 0.4) is 0 Å². The summed E-state index contributed by atoms with van der Waals surface area (Å²) >= 11 is 0. The number of aliphatic hydroxyl groups is 1. The minimum Gasteiger partial charge on any atom is -0.389 e. The first kappa shape index (κ1) is 11.4. The van der Waals surface area contributed by atoms with Crippen LogP contribution in [-0.2, 0) is 9.53 Å². The molecule has 1 saturated heterocycles. The lowest BCUT2D eigenvalue weighted by Gasteiger charge is -2.24. The second-order valence-electron chi connectivity index (χ2n) is 4.45. The quantitative estimate of drug-likeness (QED) is 0.547. The fourth-order valence-corrected chi connectivity index (χ4v) is 1.23. The number of ether oxygens (including phenoxy) is 1. The van der Waals surface area contributed by atoms with E-state index in [4.69, 9.17) is 10.5 Å². The van der Waals surface area contributed by atoms with E-state index in [9.17, 15) is 9.90 Å². The fourth-order valence-electron chi connectivity index (χ4n) is 1.23.